The Hall–Kier alpha value is -0.320. The van der Waals surface area contributed by atoms with Gasteiger partial charge in [-0.2, -0.15) is 0 Å². The topological polar surface area (TPSA) is 80.9 Å². The molecule has 0 aromatic heterocycles. The summed E-state index contributed by atoms with van der Waals surface area (Å²) in [6, 6.07) is 20.5. The van der Waals surface area contributed by atoms with E-state index in [-0.39, 0.29) is 0 Å². The standard InChI is InChI=1S/2C11H14O2S2/c2*12-9-6-14-11(15-7-10(9)13)8-4-2-1-3-5-8/h2*1-5,9-13H,6-7H2/t2*9-,10-/m00/s1. The van der Waals surface area contributed by atoms with Crippen LogP contribution < -0.4 is 0 Å². The second-order valence-corrected chi connectivity index (χ2v) is 12.2. The first-order valence-electron chi connectivity index (χ1n) is 9.83. The maximum atomic E-state index is 9.54. The van der Waals surface area contributed by atoms with Crippen molar-refractivity contribution in [3.63, 3.8) is 0 Å². The van der Waals surface area contributed by atoms with Gasteiger partial charge in [-0.15, -0.1) is 47.0 Å². The van der Waals surface area contributed by atoms with E-state index in [0.717, 1.165) is 0 Å². The van der Waals surface area contributed by atoms with Gasteiger partial charge in [0, 0.05) is 23.0 Å². The molecule has 4 atom stereocenters. The maximum absolute atomic E-state index is 9.54. The highest BCUT2D eigenvalue weighted by atomic mass is 32.2. The van der Waals surface area contributed by atoms with Gasteiger partial charge < -0.3 is 20.4 Å². The highest BCUT2D eigenvalue weighted by Gasteiger charge is 2.26. The second kappa shape index (κ2) is 12.6. The molecule has 2 aliphatic rings. The first-order valence-corrected chi connectivity index (χ1v) is 14.0. The lowest BCUT2D eigenvalue weighted by molar-refractivity contribution is 0.0504. The first kappa shape index (κ1) is 24.3. The lowest BCUT2D eigenvalue weighted by Gasteiger charge is -2.12. The summed E-state index contributed by atoms with van der Waals surface area (Å²) in [5, 5.41) is 38.2. The number of thioether (sulfide) groups is 4. The molecule has 4 nitrogen and oxygen atoms in total. The largest absolute Gasteiger partial charge is 0.390 e. The van der Waals surface area contributed by atoms with Crippen LogP contribution in [-0.2, 0) is 0 Å². The molecule has 2 aliphatic heterocycles. The van der Waals surface area contributed by atoms with E-state index in [1.165, 1.54) is 11.1 Å². The number of aliphatic hydroxyl groups excluding tert-OH is 4. The number of hydrogen-bond acceptors (Lipinski definition) is 8. The van der Waals surface area contributed by atoms with Crippen molar-refractivity contribution in [3.05, 3.63) is 71.8 Å². The molecule has 2 heterocycles. The third-order valence-corrected chi connectivity index (χ3v) is 10.8. The molecule has 4 N–H and O–H groups in total. The van der Waals surface area contributed by atoms with Crippen LogP contribution in [0.4, 0.5) is 0 Å². The number of aliphatic hydroxyl groups is 4. The zero-order chi connectivity index (χ0) is 21.3. The van der Waals surface area contributed by atoms with Gasteiger partial charge in [-0.1, -0.05) is 60.7 Å². The lowest BCUT2D eigenvalue weighted by Crippen LogP contribution is -2.28. The van der Waals surface area contributed by atoms with Crippen molar-refractivity contribution < 1.29 is 20.4 Å². The van der Waals surface area contributed by atoms with Crippen molar-refractivity contribution in [1.29, 1.82) is 0 Å². The Morgan fingerprint density at radius 1 is 0.467 bits per heavy atom. The minimum atomic E-state index is -0.587. The van der Waals surface area contributed by atoms with Crippen molar-refractivity contribution >= 4 is 47.0 Å². The summed E-state index contributed by atoms with van der Waals surface area (Å²) in [6.07, 6.45) is -2.35. The molecule has 0 radical (unpaired) electrons. The van der Waals surface area contributed by atoms with Gasteiger partial charge in [-0.25, -0.2) is 0 Å². The SMILES string of the molecule is O[C@H]1CSC(c2ccccc2)SC[C@@H]1O.O[C@H]1CSC(c2ccccc2)SC[C@@H]1O. The highest BCUT2D eigenvalue weighted by Crippen LogP contribution is 2.43. The van der Waals surface area contributed by atoms with Crippen LogP contribution in [0.25, 0.3) is 0 Å². The number of benzene rings is 2. The summed E-state index contributed by atoms with van der Waals surface area (Å²) in [5.74, 6) is 2.42. The second-order valence-electron chi connectivity index (χ2n) is 7.09. The van der Waals surface area contributed by atoms with Gasteiger partial charge in [-0.05, 0) is 11.1 Å². The molecule has 0 bridgehead atoms. The van der Waals surface area contributed by atoms with Crippen LogP contribution in [0, 0.1) is 0 Å². The Morgan fingerprint density at radius 3 is 1.00 bits per heavy atom. The van der Waals surface area contributed by atoms with Gasteiger partial charge in [0.05, 0.1) is 33.6 Å². The van der Waals surface area contributed by atoms with E-state index < -0.39 is 24.4 Å². The average Bonchev–Trinajstić information content (AvgIpc) is 3.06. The molecule has 30 heavy (non-hydrogen) atoms. The van der Waals surface area contributed by atoms with E-state index in [1.807, 2.05) is 36.4 Å². The quantitative estimate of drug-likeness (QED) is 0.513. The molecular weight excluding hydrogens is 457 g/mol. The third-order valence-electron chi connectivity index (χ3n) is 4.71. The van der Waals surface area contributed by atoms with Crippen LogP contribution >= 0.6 is 47.0 Å². The Kier molecular flexibility index (Phi) is 10.3. The Bertz CT molecular complexity index is 649. The van der Waals surface area contributed by atoms with E-state index in [1.54, 1.807) is 47.0 Å². The van der Waals surface area contributed by atoms with E-state index in [4.69, 9.17) is 0 Å². The summed E-state index contributed by atoms with van der Waals surface area (Å²) in [5.41, 5.74) is 2.52. The van der Waals surface area contributed by atoms with Crippen molar-refractivity contribution in [1.82, 2.24) is 0 Å². The van der Waals surface area contributed by atoms with Crippen molar-refractivity contribution in [2.45, 2.75) is 33.6 Å². The molecule has 0 aliphatic carbocycles. The van der Waals surface area contributed by atoms with Crippen LogP contribution in [-0.4, -0.2) is 67.9 Å². The van der Waals surface area contributed by atoms with Gasteiger partial charge in [0.15, 0.2) is 0 Å². The minimum Gasteiger partial charge on any atom is -0.390 e. The van der Waals surface area contributed by atoms with Crippen LogP contribution in [0.15, 0.2) is 60.7 Å². The Balaban J connectivity index is 0.000000171. The first-order chi connectivity index (χ1) is 14.5. The Labute approximate surface area is 195 Å². The molecule has 164 valence electrons. The van der Waals surface area contributed by atoms with Gasteiger partial charge in [0.2, 0.25) is 0 Å². The summed E-state index contributed by atoms with van der Waals surface area (Å²) in [7, 11) is 0. The molecular formula is C22H28O4S4. The minimum absolute atomic E-state index is 0.331. The Morgan fingerprint density at radius 2 is 0.733 bits per heavy atom. The molecule has 2 saturated heterocycles. The summed E-state index contributed by atoms with van der Waals surface area (Å²) in [6.45, 7) is 0. The highest BCUT2D eigenvalue weighted by molar-refractivity contribution is 8.16. The van der Waals surface area contributed by atoms with E-state index in [0.29, 0.717) is 32.2 Å². The monoisotopic (exact) mass is 484 g/mol. The van der Waals surface area contributed by atoms with Crippen molar-refractivity contribution in [2.75, 3.05) is 23.0 Å². The fourth-order valence-electron chi connectivity index (χ4n) is 2.89. The van der Waals surface area contributed by atoms with E-state index in [9.17, 15) is 20.4 Å². The van der Waals surface area contributed by atoms with Gasteiger partial charge in [0.25, 0.3) is 0 Å². The molecule has 0 amide bonds. The number of rotatable bonds is 2. The fourth-order valence-corrected chi connectivity index (χ4v) is 8.38. The van der Waals surface area contributed by atoms with Crippen LogP contribution in [0.3, 0.4) is 0 Å². The summed E-state index contributed by atoms with van der Waals surface area (Å²) >= 11 is 6.81. The molecule has 2 fully saturated rings. The summed E-state index contributed by atoms with van der Waals surface area (Å²) in [4.78, 5) is 0. The zero-order valence-corrected chi connectivity index (χ0v) is 19.8. The smallest absolute Gasteiger partial charge is 0.0897 e. The van der Waals surface area contributed by atoms with E-state index >= 15 is 0 Å². The third kappa shape index (κ3) is 7.38. The molecule has 0 spiro atoms. The van der Waals surface area contributed by atoms with Crippen LogP contribution in [0.2, 0.25) is 0 Å². The van der Waals surface area contributed by atoms with Crippen LogP contribution in [0.5, 0.6) is 0 Å². The zero-order valence-electron chi connectivity index (χ0n) is 16.5. The molecule has 8 heteroatoms. The van der Waals surface area contributed by atoms with Gasteiger partial charge in [0.1, 0.15) is 0 Å². The molecule has 0 saturated carbocycles. The fraction of sp³-hybridized carbons (Fsp3) is 0.455. The van der Waals surface area contributed by atoms with Crippen molar-refractivity contribution in [2.24, 2.45) is 0 Å². The lowest BCUT2D eigenvalue weighted by atomic mass is 10.2. The van der Waals surface area contributed by atoms with Crippen molar-refractivity contribution in [3.8, 4) is 0 Å². The summed E-state index contributed by atoms with van der Waals surface area (Å²) < 4.78 is 0.663. The molecule has 2 aromatic carbocycles. The predicted octanol–water partition coefficient (Wildman–Crippen LogP) is 3.77. The maximum Gasteiger partial charge on any atom is 0.0897 e. The predicted molar refractivity (Wildman–Crippen MR) is 132 cm³/mol. The van der Waals surface area contributed by atoms with E-state index in [2.05, 4.69) is 24.3 Å². The van der Waals surface area contributed by atoms with Gasteiger partial charge in [-0.3, -0.25) is 0 Å². The normalized spacial score (nSPS) is 28.7. The van der Waals surface area contributed by atoms with Crippen LogP contribution in [0.1, 0.15) is 20.3 Å². The molecule has 4 rings (SSSR count). The number of hydrogen-bond donors (Lipinski definition) is 4. The molecule has 2 aromatic rings. The average molecular weight is 485 g/mol. The molecule has 0 unspecified atom stereocenters. The van der Waals surface area contributed by atoms with Gasteiger partial charge >= 0.3 is 0 Å².